The van der Waals surface area contributed by atoms with E-state index in [1.165, 1.54) is 24.5 Å². The molecular weight excluding hydrogens is 438 g/mol. The van der Waals surface area contributed by atoms with E-state index in [1.54, 1.807) is 12.4 Å². The van der Waals surface area contributed by atoms with Crippen LogP contribution < -0.4 is 5.32 Å². The number of nitrogens with zero attached hydrogens (tertiary/aromatic N) is 4. The largest absolute Gasteiger partial charge is 0.368 e. The average molecular weight is 453 g/mol. The average Bonchev–Trinajstić information content (AvgIpc) is 3.25. The molecule has 0 amide bonds. The van der Waals surface area contributed by atoms with Gasteiger partial charge in [-0.3, -0.25) is 0 Å². The van der Waals surface area contributed by atoms with Crippen LogP contribution in [0.2, 0.25) is 10.0 Å². The van der Waals surface area contributed by atoms with E-state index in [4.69, 9.17) is 28.2 Å². The lowest BCUT2D eigenvalue weighted by Crippen LogP contribution is -2.09. The van der Waals surface area contributed by atoms with Crippen molar-refractivity contribution in [1.82, 2.24) is 24.9 Å². The third kappa shape index (κ3) is 3.78. The van der Waals surface area contributed by atoms with E-state index in [0.29, 0.717) is 51.2 Å². The van der Waals surface area contributed by atoms with Gasteiger partial charge >= 0.3 is 0 Å². The number of imidazole rings is 1. The van der Waals surface area contributed by atoms with E-state index >= 15 is 0 Å². The Morgan fingerprint density at radius 2 is 1.90 bits per heavy atom. The van der Waals surface area contributed by atoms with Crippen molar-refractivity contribution in [2.24, 2.45) is 0 Å². The molecule has 154 valence electrons. The quantitative estimate of drug-likeness (QED) is 0.359. The molecular formula is C22H15Cl2FN6. The molecule has 0 aliphatic carbocycles. The normalized spacial score (nSPS) is 11.3. The molecule has 0 atom stereocenters. The SMILES string of the molecule is Fc1ccc(Cl)c(-c2nc3c(Cl)cccc3cc2CCNc2ncnc3nc[nH]c23)c1. The summed E-state index contributed by atoms with van der Waals surface area (Å²) in [7, 11) is 0. The highest BCUT2D eigenvalue weighted by atomic mass is 35.5. The van der Waals surface area contributed by atoms with E-state index in [1.807, 2.05) is 18.2 Å². The molecule has 0 radical (unpaired) electrons. The molecule has 0 aliphatic heterocycles. The van der Waals surface area contributed by atoms with Crippen LogP contribution in [0.15, 0.2) is 55.1 Å². The lowest BCUT2D eigenvalue weighted by Gasteiger charge is -2.14. The predicted octanol–water partition coefficient (Wildman–Crippen LogP) is 5.67. The first-order valence-electron chi connectivity index (χ1n) is 9.51. The number of para-hydroxylation sites is 1. The standard InChI is InChI=1S/C22H15Cl2FN6/c23-16-5-4-14(25)9-15(16)18-13(8-12-2-1-3-17(24)19(12)31-18)6-7-26-21-20-22(28-10-27-20)30-11-29-21/h1-5,8-11H,6-7H2,(H2,26,27,28,29,30). The zero-order valence-corrected chi connectivity index (χ0v) is 17.5. The van der Waals surface area contributed by atoms with Crippen LogP contribution in [0.25, 0.3) is 33.3 Å². The lowest BCUT2D eigenvalue weighted by molar-refractivity contribution is 0.628. The fraction of sp³-hybridized carbons (Fsp3) is 0.0909. The second kappa shape index (κ2) is 8.09. The van der Waals surface area contributed by atoms with Crippen molar-refractivity contribution in [1.29, 1.82) is 0 Å². The van der Waals surface area contributed by atoms with Gasteiger partial charge in [0.05, 0.1) is 27.6 Å². The van der Waals surface area contributed by atoms with Crippen molar-refractivity contribution in [3.8, 4) is 11.3 Å². The van der Waals surface area contributed by atoms with Crippen LogP contribution >= 0.6 is 23.2 Å². The van der Waals surface area contributed by atoms with Crippen molar-refractivity contribution in [2.75, 3.05) is 11.9 Å². The van der Waals surface area contributed by atoms with Gasteiger partial charge in [0.2, 0.25) is 0 Å². The van der Waals surface area contributed by atoms with Gasteiger partial charge in [0.1, 0.15) is 17.7 Å². The van der Waals surface area contributed by atoms with Gasteiger partial charge in [-0.1, -0.05) is 35.3 Å². The van der Waals surface area contributed by atoms with E-state index in [9.17, 15) is 4.39 Å². The van der Waals surface area contributed by atoms with E-state index < -0.39 is 0 Å². The number of nitrogens with one attached hydrogen (secondary N) is 2. The number of halogens is 3. The Labute approximate surface area is 186 Å². The summed E-state index contributed by atoms with van der Waals surface area (Å²) in [6, 6.07) is 11.9. The molecule has 5 aromatic rings. The smallest absolute Gasteiger partial charge is 0.182 e. The van der Waals surface area contributed by atoms with Crippen molar-refractivity contribution in [2.45, 2.75) is 6.42 Å². The summed E-state index contributed by atoms with van der Waals surface area (Å²) in [5.41, 5.74) is 4.00. The summed E-state index contributed by atoms with van der Waals surface area (Å²) >= 11 is 12.8. The first-order valence-corrected chi connectivity index (χ1v) is 10.3. The Balaban J connectivity index is 1.53. The Morgan fingerprint density at radius 1 is 1.00 bits per heavy atom. The molecule has 9 heteroatoms. The second-order valence-electron chi connectivity index (χ2n) is 6.93. The molecule has 2 N–H and O–H groups in total. The van der Waals surface area contributed by atoms with Crippen molar-refractivity contribution in [3.05, 3.63) is 76.5 Å². The monoisotopic (exact) mass is 452 g/mol. The molecule has 0 saturated carbocycles. The maximum absolute atomic E-state index is 14.0. The van der Waals surface area contributed by atoms with Gasteiger partial charge in [0.25, 0.3) is 0 Å². The number of aromatic amines is 1. The molecule has 3 heterocycles. The van der Waals surface area contributed by atoms with E-state index in [0.717, 1.165) is 16.5 Å². The molecule has 31 heavy (non-hydrogen) atoms. The maximum Gasteiger partial charge on any atom is 0.182 e. The van der Waals surface area contributed by atoms with Crippen LogP contribution in [0.4, 0.5) is 10.2 Å². The number of aromatic nitrogens is 5. The van der Waals surface area contributed by atoms with Gasteiger partial charge < -0.3 is 10.3 Å². The zero-order chi connectivity index (χ0) is 21.4. The summed E-state index contributed by atoms with van der Waals surface area (Å²) in [6.45, 7) is 0.554. The number of H-pyrrole nitrogens is 1. The lowest BCUT2D eigenvalue weighted by atomic mass is 10.0. The molecule has 3 aromatic heterocycles. The molecule has 0 saturated heterocycles. The Hall–Kier alpha value is -3.29. The summed E-state index contributed by atoms with van der Waals surface area (Å²) in [5.74, 6) is 0.275. The number of rotatable bonds is 5. The molecule has 0 unspecified atom stereocenters. The summed E-state index contributed by atoms with van der Waals surface area (Å²) < 4.78 is 14.0. The van der Waals surface area contributed by atoms with Gasteiger partial charge in [-0.2, -0.15) is 0 Å². The maximum atomic E-state index is 14.0. The summed E-state index contributed by atoms with van der Waals surface area (Å²) in [4.78, 5) is 20.3. The van der Waals surface area contributed by atoms with Crippen molar-refractivity contribution >= 4 is 51.1 Å². The molecule has 5 rings (SSSR count). The minimum atomic E-state index is -0.382. The van der Waals surface area contributed by atoms with E-state index in [2.05, 4.69) is 25.3 Å². The number of hydrogen-bond donors (Lipinski definition) is 2. The molecule has 0 aliphatic rings. The van der Waals surface area contributed by atoms with Crippen LogP contribution in [0, 0.1) is 5.82 Å². The van der Waals surface area contributed by atoms with Gasteiger partial charge in [-0.05, 0) is 42.3 Å². The number of fused-ring (bicyclic) bond motifs is 2. The molecule has 6 nitrogen and oxygen atoms in total. The van der Waals surface area contributed by atoms with Crippen LogP contribution in [0.3, 0.4) is 0 Å². The van der Waals surface area contributed by atoms with Gasteiger partial charge in [0, 0.05) is 17.5 Å². The first-order chi connectivity index (χ1) is 15.1. The fourth-order valence-electron chi connectivity index (χ4n) is 3.52. The zero-order valence-electron chi connectivity index (χ0n) is 16.0. The second-order valence-corrected chi connectivity index (χ2v) is 7.75. The minimum Gasteiger partial charge on any atom is -0.368 e. The Morgan fingerprint density at radius 3 is 2.81 bits per heavy atom. The number of anilines is 1. The number of pyridine rings is 1. The minimum absolute atomic E-state index is 0.382. The molecule has 0 bridgehead atoms. The van der Waals surface area contributed by atoms with Gasteiger partial charge in [-0.25, -0.2) is 24.3 Å². The molecule has 0 fully saturated rings. The predicted molar refractivity (Wildman–Crippen MR) is 121 cm³/mol. The van der Waals surface area contributed by atoms with E-state index in [-0.39, 0.29) is 5.82 Å². The molecule has 2 aromatic carbocycles. The van der Waals surface area contributed by atoms with Crippen LogP contribution in [-0.2, 0) is 6.42 Å². The third-order valence-corrected chi connectivity index (χ3v) is 5.60. The van der Waals surface area contributed by atoms with Crippen LogP contribution in [-0.4, -0.2) is 31.5 Å². The van der Waals surface area contributed by atoms with Gasteiger partial charge in [-0.15, -0.1) is 0 Å². The van der Waals surface area contributed by atoms with Crippen LogP contribution in [0.5, 0.6) is 0 Å². The topological polar surface area (TPSA) is 79.4 Å². The highest BCUT2D eigenvalue weighted by molar-refractivity contribution is 6.35. The van der Waals surface area contributed by atoms with Crippen molar-refractivity contribution < 1.29 is 4.39 Å². The highest BCUT2D eigenvalue weighted by Crippen LogP contribution is 2.34. The van der Waals surface area contributed by atoms with Crippen molar-refractivity contribution in [3.63, 3.8) is 0 Å². The first kappa shape index (κ1) is 19.7. The Kier molecular flexibility index (Phi) is 5.13. The fourth-order valence-corrected chi connectivity index (χ4v) is 3.95. The third-order valence-electron chi connectivity index (χ3n) is 4.97. The Bertz CT molecular complexity index is 1420. The van der Waals surface area contributed by atoms with Crippen LogP contribution in [0.1, 0.15) is 5.56 Å². The van der Waals surface area contributed by atoms with Gasteiger partial charge in [0.15, 0.2) is 11.5 Å². The molecule has 0 spiro atoms. The summed E-state index contributed by atoms with van der Waals surface area (Å²) in [6.07, 6.45) is 3.63. The number of benzene rings is 2. The summed E-state index contributed by atoms with van der Waals surface area (Å²) in [5, 5.41) is 5.15. The number of hydrogen-bond acceptors (Lipinski definition) is 5. The highest BCUT2D eigenvalue weighted by Gasteiger charge is 2.15.